The molecule has 0 bridgehead atoms. The van der Waals surface area contributed by atoms with Gasteiger partial charge in [-0.1, -0.05) is 31.4 Å². The van der Waals surface area contributed by atoms with Crippen molar-refractivity contribution < 1.29 is 19.1 Å². The van der Waals surface area contributed by atoms with E-state index in [-0.39, 0.29) is 36.7 Å². The number of benzene rings is 1. The third-order valence-electron chi connectivity index (χ3n) is 6.22. The van der Waals surface area contributed by atoms with Crippen molar-refractivity contribution in [3.63, 3.8) is 0 Å². The average Bonchev–Trinajstić information content (AvgIpc) is 3.50. The largest absolute Gasteiger partial charge is 0.384 e. The lowest BCUT2D eigenvalue weighted by atomic mass is 9.88. The van der Waals surface area contributed by atoms with Crippen LogP contribution in [0.3, 0.4) is 0 Å². The number of methoxy groups -OCH3 is 1. The summed E-state index contributed by atoms with van der Waals surface area (Å²) in [7, 11) is 3.34. The maximum Gasteiger partial charge on any atom is 0.266 e. The van der Waals surface area contributed by atoms with Crippen LogP contribution in [0.2, 0.25) is 0 Å². The smallest absolute Gasteiger partial charge is 0.266 e. The van der Waals surface area contributed by atoms with Crippen LogP contribution in [0.4, 0.5) is 11.5 Å². The van der Waals surface area contributed by atoms with Crippen molar-refractivity contribution in [3.8, 4) is 0 Å². The topological polar surface area (TPSA) is 80.6 Å². The van der Waals surface area contributed by atoms with Crippen molar-refractivity contribution in [2.24, 2.45) is 5.92 Å². The Bertz CT molecular complexity index is 1150. The number of nitrogens with one attached hydrogen (secondary N) is 1. The number of nitrogens with zero attached hydrogens (tertiary/aromatic N) is 2. The molecule has 1 N–H and O–H groups in total. The van der Waals surface area contributed by atoms with Gasteiger partial charge in [-0.25, -0.2) is 0 Å². The second-order valence-electron chi connectivity index (χ2n) is 8.41. The van der Waals surface area contributed by atoms with Crippen molar-refractivity contribution >= 4 is 51.5 Å². The van der Waals surface area contributed by atoms with Crippen molar-refractivity contribution in [2.45, 2.75) is 38.5 Å². The molecule has 2 heterocycles. The molecule has 1 saturated carbocycles. The minimum absolute atomic E-state index is 0.0511. The number of hydrogen-bond donors (Lipinski definition) is 1. The Labute approximate surface area is 197 Å². The molecule has 8 heteroatoms. The number of aromatic nitrogens is 1. The Kier molecular flexibility index (Phi) is 7.25. The summed E-state index contributed by atoms with van der Waals surface area (Å²) in [6.45, 7) is 0.274. The predicted octanol–water partition coefficient (Wildman–Crippen LogP) is 5.17. The van der Waals surface area contributed by atoms with Crippen LogP contribution in [-0.2, 0) is 9.53 Å². The van der Waals surface area contributed by atoms with E-state index in [9.17, 15) is 14.4 Å². The van der Waals surface area contributed by atoms with Gasteiger partial charge in [0.2, 0.25) is 11.8 Å². The normalized spacial score (nSPS) is 14.4. The number of carbonyl (C=O) groups excluding carboxylic acids is 3. The van der Waals surface area contributed by atoms with Crippen LogP contribution in [0.15, 0.2) is 41.8 Å². The molecule has 33 heavy (non-hydrogen) atoms. The molecular weight excluding hydrogens is 438 g/mol. The molecule has 0 aliphatic heterocycles. The summed E-state index contributed by atoms with van der Waals surface area (Å²) >= 11 is 1.34. The molecule has 0 radical (unpaired) electrons. The van der Waals surface area contributed by atoms with E-state index in [0.717, 1.165) is 36.8 Å². The van der Waals surface area contributed by atoms with Gasteiger partial charge in [0, 0.05) is 31.1 Å². The molecule has 2 amide bonds. The first kappa shape index (κ1) is 23.2. The standard InChI is InChI=1S/C25H29N3O4S/c1-27(25(31)17-7-4-3-5-8-17)19-11-10-18-15-22(26-24(30)21-9-6-14-33-21)28(20(18)16-19)23(29)12-13-32-2/h6,9-11,14-17H,3-5,7-8,12-13H2,1-2H3,(H,26,30). The SMILES string of the molecule is COCCC(=O)n1c(NC(=O)c2cccs2)cc2ccc(N(C)C(=O)C3CCCCC3)cc21. The minimum Gasteiger partial charge on any atom is -0.384 e. The fourth-order valence-electron chi connectivity index (χ4n) is 4.40. The van der Waals surface area contributed by atoms with Crippen LogP contribution >= 0.6 is 11.3 Å². The van der Waals surface area contributed by atoms with Crippen molar-refractivity contribution in [3.05, 3.63) is 46.7 Å². The first-order valence-electron chi connectivity index (χ1n) is 11.3. The zero-order valence-electron chi connectivity index (χ0n) is 19.0. The van der Waals surface area contributed by atoms with E-state index in [1.165, 1.54) is 22.3 Å². The summed E-state index contributed by atoms with van der Waals surface area (Å²) in [5, 5.41) is 5.52. The van der Waals surface area contributed by atoms with Crippen LogP contribution < -0.4 is 10.2 Å². The number of carbonyl (C=O) groups is 3. The molecule has 0 saturated heterocycles. The summed E-state index contributed by atoms with van der Waals surface area (Å²) in [6, 6.07) is 11.0. The Hall–Kier alpha value is -2.97. The van der Waals surface area contributed by atoms with Gasteiger partial charge in [-0.2, -0.15) is 0 Å². The lowest BCUT2D eigenvalue weighted by Gasteiger charge is -2.26. The predicted molar refractivity (Wildman–Crippen MR) is 131 cm³/mol. The van der Waals surface area contributed by atoms with E-state index >= 15 is 0 Å². The number of fused-ring (bicyclic) bond motifs is 1. The molecule has 1 aromatic carbocycles. The van der Waals surface area contributed by atoms with Crippen molar-refractivity contribution in [1.82, 2.24) is 4.57 Å². The lowest BCUT2D eigenvalue weighted by Crippen LogP contribution is -2.33. The molecule has 1 aliphatic rings. The van der Waals surface area contributed by atoms with Crippen LogP contribution in [0.25, 0.3) is 10.9 Å². The van der Waals surface area contributed by atoms with Crippen LogP contribution in [0.5, 0.6) is 0 Å². The maximum atomic E-state index is 13.1. The highest BCUT2D eigenvalue weighted by atomic mass is 32.1. The summed E-state index contributed by atoms with van der Waals surface area (Å²) < 4.78 is 6.61. The summed E-state index contributed by atoms with van der Waals surface area (Å²) in [5.74, 6) is 0.118. The van der Waals surface area contributed by atoms with Gasteiger partial charge in [0.05, 0.1) is 23.4 Å². The third-order valence-corrected chi connectivity index (χ3v) is 7.08. The fourth-order valence-corrected chi connectivity index (χ4v) is 5.02. The van der Waals surface area contributed by atoms with Crippen LogP contribution in [0.1, 0.15) is 53.0 Å². The molecule has 0 unspecified atom stereocenters. The quantitative estimate of drug-likeness (QED) is 0.519. The van der Waals surface area contributed by atoms with E-state index in [1.807, 2.05) is 29.6 Å². The van der Waals surface area contributed by atoms with E-state index in [4.69, 9.17) is 4.74 Å². The molecule has 4 rings (SSSR count). The molecule has 0 atom stereocenters. The van der Waals surface area contributed by atoms with Gasteiger partial charge in [0.1, 0.15) is 5.82 Å². The Morgan fingerprint density at radius 1 is 1.15 bits per heavy atom. The van der Waals surface area contributed by atoms with Gasteiger partial charge < -0.3 is 15.0 Å². The van der Waals surface area contributed by atoms with Gasteiger partial charge >= 0.3 is 0 Å². The second-order valence-corrected chi connectivity index (χ2v) is 9.36. The van der Waals surface area contributed by atoms with Crippen LogP contribution in [0, 0.1) is 5.92 Å². The molecule has 1 fully saturated rings. The van der Waals surface area contributed by atoms with E-state index < -0.39 is 0 Å². The van der Waals surface area contributed by atoms with Crippen LogP contribution in [-0.4, -0.2) is 43.1 Å². The molecule has 2 aromatic heterocycles. The number of amides is 2. The zero-order valence-corrected chi connectivity index (χ0v) is 19.8. The number of ether oxygens (including phenoxy) is 1. The molecule has 0 spiro atoms. The van der Waals surface area contributed by atoms with Gasteiger partial charge in [0.15, 0.2) is 0 Å². The van der Waals surface area contributed by atoms with E-state index in [2.05, 4.69) is 5.32 Å². The van der Waals surface area contributed by atoms with Gasteiger partial charge in [0.25, 0.3) is 5.91 Å². The Morgan fingerprint density at radius 3 is 2.64 bits per heavy atom. The molecule has 174 valence electrons. The Balaban J connectivity index is 1.68. The maximum absolute atomic E-state index is 13.1. The molecule has 3 aromatic rings. The summed E-state index contributed by atoms with van der Waals surface area (Å²) in [4.78, 5) is 41.1. The molecule has 1 aliphatic carbocycles. The number of rotatable bonds is 7. The number of thiophene rings is 1. The summed E-state index contributed by atoms with van der Waals surface area (Å²) in [6.07, 6.45) is 5.40. The number of anilines is 2. The van der Waals surface area contributed by atoms with E-state index in [0.29, 0.717) is 16.2 Å². The highest BCUT2D eigenvalue weighted by Crippen LogP contribution is 2.31. The van der Waals surface area contributed by atoms with Gasteiger partial charge in [-0.05, 0) is 42.5 Å². The monoisotopic (exact) mass is 467 g/mol. The van der Waals surface area contributed by atoms with E-state index in [1.54, 1.807) is 31.2 Å². The third kappa shape index (κ3) is 5.02. The first-order chi connectivity index (χ1) is 16.0. The molecular formula is C25H29N3O4S. The summed E-state index contributed by atoms with van der Waals surface area (Å²) in [5.41, 5.74) is 1.38. The lowest BCUT2D eigenvalue weighted by molar-refractivity contribution is -0.123. The minimum atomic E-state index is -0.265. The van der Waals surface area contributed by atoms with Crippen molar-refractivity contribution in [2.75, 3.05) is 31.0 Å². The number of hydrogen-bond acceptors (Lipinski definition) is 5. The fraction of sp³-hybridized carbons (Fsp3) is 0.400. The zero-order chi connectivity index (χ0) is 23.4. The average molecular weight is 468 g/mol. The first-order valence-corrected chi connectivity index (χ1v) is 12.2. The Morgan fingerprint density at radius 2 is 1.94 bits per heavy atom. The van der Waals surface area contributed by atoms with Crippen molar-refractivity contribution in [1.29, 1.82) is 0 Å². The molecule has 7 nitrogen and oxygen atoms in total. The second kappa shape index (κ2) is 10.3. The van der Waals surface area contributed by atoms with Gasteiger partial charge in [-0.3, -0.25) is 19.0 Å². The highest BCUT2D eigenvalue weighted by molar-refractivity contribution is 7.12. The highest BCUT2D eigenvalue weighted by Gasteiger charge is 2.26. The van der Waals surface area contributed by atoms with Gasteiger partial charge in [-0.15, -0.1) is 11.3 Å².